The number of pyridine rings is 1. The van der Waals surface area contributed by atoms with Crippen molar-refractivity contribution in [2.75, 3.05) is 6.54 Å². The Bertz CT molecular complexity index is 837. The minimum absolute atomic E-state index is 0.0117. The summed E-state index contributed by atoms with van der Waals surface area (Å²) in [4.78, 5) is 23.8. The highest BCUT2D eigenvalue weighted by atomic mass is 35.5. The van der Waals surface area contributed by atoms with Crippen LogP contribution in [0.3, 0.4) is 0 Å². The highest BCUT2D eigenvalue weighted by molar-refractivity contribution is 8.00. The minimum Gasteiger partial charge on any atom is -0.355 e. The summed E-state index contributed by atoms with van der Waals surface area (Å²) in [6.45, 7) is 2.47. The normalized spacial score (nSPS) is 12.2. The molecule has 124 valence electrons. The number of carbonyl (C=O) groups excluding carboxylic acids is 1. The van der Waals surface area contributed by atoms with Crippen LogP contribution in [0.2, 0.25) is 5.02 Å². The first-order valence-electron chi connectivity index (χ1n) is 7.61. The van der Waals surface area contributed by atoms with Gasteiger partial charge in [-0.3, -0.25) is 4.79 Å². The second-order valence-corrected chi connectivity index (χ2v) is 7.12. The van der Waals surface area contributed by atoms with E-state index in [9.17, 15) is 4.79 Å². The third-order valence-corrected chi connectivity index (χ3v) is 4.69. The Morgan fingerprint density at radius 3 is 2.96 bits per heavy atom. The molecule has 1 amide bonds. The standard InChI is InChI=1S/C17H17ClN4OS/c1-11(16(23)19-8-7-12-5-3-2-4-6-12)24-17-21-14-9-13(18)10-20-15(14)22-17/h2-6,9-11H,7-8H2,1H3,(H,19,23)(H,20,21,22)/t11-/m0/s1. The quantitative estimate of drug-likeness (QED) is 0.660. The Morgan fingerprint density at radius 1 is 1.38 bits per heavy atom. The zero-order chi connectivity index (χ0) is 16.9. The van der Waals surface area contributed by atoms with E-state index in [1.165, 1.54) is 17.3 Å². The number of rotatable bonds is 6. The monoisotopic (exact) mass is 360 g/mol. The molecular weight excluding hydrogens is 344 g/mol. The zero-order valence-corrected chi connectivity index (χ0v) is 14.7. The lowest BCUT2D eigenvalue weighted by Gasteiger charge is -2.10. The summed E-state index contributed by atoms with van der Waals surface area (Å²) in [6, 6.07) is 11.9. The van der Waals surface area contributed by atoms with Gasteiger partial charge in [0, 0.05) is 12.7 Å². The van der Waals surface area contributed by atoms with Crippen LogP contribution in [0.15, 0.2) is 47.8 Å². The number of H-pyrrole nitrogens is 1. The molecular formula is C17H17ClN4OS. The van der Waals surface area contributed by atoms with Gasteiger partial charge < -0.3 is 10.3 Å². The van der Waals surface area contributed by atoms with E-state index in [-0.39, 0.29) is 11.2 Å². The summed E-state index contributed by atoms with van der Waals surface area (Å²) in [5.74, 6) is -0.0117. The van der Waals surface area contributed by atoms with Crippen LogP contribution in [0.25, 0.3) is 11.2 Å². The summed E-state index contributed by atoms with van der Waals surface area (Å²) in [5.41, 5.74) is 2.57. The van der Waals surface area contributed by atoms with Crippen molar-refractivity contribution in [1.29, 1.82) is 0 Å². The fourth-order valence-electron chi connectivity index (χ4n) is 2.25. The molecule has 0 fully saturated rings. The van der Waals surface area contributed by atoms with Crippen LogP contribution in [0, 0.1) is 0 Å². The number of thioether (sulfide) groups is 1. The number of hydrogen-bond donors (Lipinski definition) is 2. The Hall–Kier alpha value is -2.05. The number of aromatic nitrogens is 3. The van der Waals surface area contributed by atoms with Crippen LogP contribution in [-0.4, -0.2) is 32.7 Å². The Morgan fingerprint density at radius 2 is 2.17 bits per heavy atom. The molecule has 5 nitrogen and oxygen atoms in total. The van der Waals surface area contributed by atoms with Gasteiger partial charge in [0.1, 0.15) is 0 Å². The molecule has 0 aliphatic rings. The van der Waals surface area contributed by atoms with Gasteiger partial charge in [-0.25, -0.2) is 9.97 Å². The molecule has 0 spiro atoms. The van der Waals surface area contributed by atoms with Gasteiger partial charge in [0.15, 0.2) is 10.8 Å². The molecule has 3 rings (SSSR count). The van der Waals surface area contributed by atoms with Crippen molar-refractivity contribution in [1.82, 2.24) is 20.3 Å². The van der Waals surface area contributed by atoms with Gasteiger partial charge in [-0.2, -0.15) is 0 Å². The number of fused-ring (bicyclic) bond motifs is 1. The van der Waals surface area contributed by atoms with Crippen molar-refractivity contribution in [3.63, 3.8) is 0 Å². The summed E-state index contributed by atoms with van der Waals surface area (Å²) in [6.07, 6.45) is 2.37. The number of nitrogens with zero attached hydrogens (tertiary/aromatic N) is 2. The SMILES string of the molecule is C[C@H](Sc1nc2ncc(Cl)cc2[nH]1)C(=O)NCCc1ccccc1. The Balaban J connectivity index is 1.53. The highest BCUT2D eigenvalue weighted by Crippen LogP contribution is 2.23. The van der Waals surface area contributed by atoms with Crippen LogP contribution in [-0.2, 0) is 11.2 Å². The topological polar surface area (TPSA) is 70.7 Å². The fourth-order valence-corrected chi connectivity index (χ4v) is 3.24. The number of imidazole rings is 1. The Kier molecular flexibility index (Phi) is 5.37. The van der Waals surface area contributed by atoms with Gasteiger partial charge in [-0.15, -0.1) is 0 Å². The first-order valence-corrected chi connectivity index (χ1v) is 8.87. The van der Waals surface area contributed by atoms with E-state index in [0.29, 0.717) is 22.4 Å². The summed E-state index contributed by atoms with van der Waals surface area (Å²) < 4.78 is 0. The van der Waals surface area contributed by atoms with Gasteiger partial charge in [-0.05, 0) is 25.0 Å². The average molecular weight is 361 g/mol. The molecule has 1 atom stereocenters. The maximum atomic E-state index is 12.2. The molecule has 0 unspecified atom stereocenters. The van der Waals surface area contributed by atoms with E-state index in [0.717, 1.165) is 11.9 Å². The van der Waals surface area contributed by atoms with Gasteiger partial charge >= 0.3 is 0 Å². The van der Waals surface area contributed by atoms with E-state index in [1.807, 2.05) is 25.1 Å². The van der Waals surface area contributed by atoms with E-state index < -0.39 is 0 Å². The van der Waals surface area contributed by atoms with Crippen LogP contribution >= 0.6 is 23.4 Å². The zero-order valence-electron chi connectivity index (χ0n) is 13.1. The molecule has 2 heterocycles. The lowest BCUT2D eigenvalue weighted by atomic mass is 10.1. The highest BCUT2D eigenvalue weighted by Gasteiger charge is 2.16. The molecule has 0 radical (unpaired) electrons. The number of nitrogens with one attached hydrogen (secondary N) is 2. The van der Waals surface area contributed by atoms with Gasteiger partial charge in [0.25, 0.3) is 0 Å². The minimum atomic E-state index is -0.253. The van der Waals surface area contributed by atoms with Crippen molar-refractivity contribution in [3.05, 3.63) is 53.2 Å². The van der Waals surface area contributed by atoms with Crippen molar-refractivity contribution < 1.29 is 4.79 Å². The maximum absolute atomic E-state index is 12.2. The van der Waals surface area contributed by atoms with Gasteiger partial charge in [-0.1, -0.05) is 53.7 Å². The second kappa shape index (κ2) is 7.68. The van der Waals surface area contributed by atoms with Gasteiger partial charge in [0.2, 0.25) is 5.91 Å². The first kappa shape index (κ1) is 16.8. The van der Waals surface area contributed by atoms with Crippen molar-refractivity contribution >= 4 is 40.4 Å². The molecule has 0 saturated heterocycles. The Labute approximate surface area is 149 Å². The van der Waals surface area contributed by atoms with Crippen LogP contribution in [0.5, 0.6) is 0 Å². The van der Waals surface area contributed by atoms with Crippen molar-refractivity contribution in [3.8, 4) is 0 Å². The molecule has 7 heteroatoms. The first-order chi connectivity index (χ1) is 11.6. The number of hydrogen-bond acceptors (Lipinski definition) is 4. The van der Waals surface area contributed by atoms with Crippen molar-refractivity contribution in [2.45, 2.75) is 23.8 Å². The van der Waals surface area contributed by atoms with E-state index in [1.54, 1.807) is 12.3 Å². The number of halogens is 1. The molecule has 3 aromatic rings. The number of amides is 1. The lowest BCUT2D eigenvalue weighted by Crippen LogP contribution is -2.32. The van der Waals surface area contributed by atoms with Gasteiger partial charge in [0.05, 0.1) is 15.8 Å². The summed E-state index contributed by atoms with van der Waals surface area (Å²) in [5, 5.41) is 3.91. The summed E-state index contributed by atoms with van der Waals surface area (Å²) in [7, 11) is 0. The fraction of sp³-hybridized carbons (Fsp3) is 0.235. The average Bonchev–Trinajstić information content (AvgIpc) is 2.97. The third kappa shape index (κ3) is 4.27. The molecule has 0 aliphatic carbocycles. The van der Waals surface area contributed by atoms with Crippen LogP contribution < -0.4 is 5.32 Å². The molecule has 2 aromatic heterocycles. The molecule has 0 bridgehead atoms. The molecule has 0 aliphatic heterocycles. The molecule has 1 aromatic carbocycles. The van der Waals surface area contributed by atoms with Crippen LogP contribution in [0.1, 0.15) is 12.5 Å². The predicted molar refractivity (Wildman–Crippen MR) is 97.4 cm³/mol. The number of benzene rings is 1. The number of aromatic amines is 1. The van der Waals surface area contributed by atoms with Crippen molar-refractivity contribution in [2.24, 2.45) is 0 Å². The molecule has 0 saturated carbocycles. The molecule has 24 heavy (non-hydrogen) atoms. The van der Waals surface area contributed by atoms with E-state index in [2.05, 4.69) is 32.4 Å². The molecule has 2 N–H and O–H groups in total. The smallest absolute Gasteiger partial charge is 0.233 e. The largest absolute Gasteiger partial charge is 0.355 e. The van der Waals surface area contributed by atoms with Crippen LogP contribution in [0.4, 0.5) is 0 Å². The van der Waals surface area contributed by atoms with E-state index >= 15 is 0 Å². The lowest BCUT2D eigenvalue weighted by molar-refractivity contribution is -0.120. The predicted octanol–water partition coefficient (Wildman–Crippen LogP) is 3.45. The number of carbonyl (C=O) groups is 1. The maximum Gasteiger partial charge on any atom is 0.233 e. The second-order valence-electron chi connectivity index (χ2n) is 5.35. The van der Waals surface area contributed by atoms with E-state index in [4.69, 9.17) is 11.6 Å². The summed E-state index contributed by atoms with van der Waals surface area (Å²) >= 11 is 7.28. The third-order valence-electron chi connectivity index (χ3n) is 3.50.